The molecule has 0 spiro atoms. The van der Waals surface area contributed by atoms with Gasteiger partial charge in [0, 0.05) is 22.9 Å². The molecule has 1 amide bonds. The summed E-state index contributed by atoms with van der Waals surface area (Å²) in [5, 5.41) is -0.249. The number of carbonyl (C=O) groups excluding carboxylic acids is 1. The molecule has 0 saturated heterocycles. The number of nitrogens with zero attached hydrogens (tertiary/aromatic N) is 1. The van der Waals surface area contributed by atoms with Crippen LogP contribution in [0.1, 0.15) is 15.9 Å². The lowest BCUT2D eigenvalue weighted by molar-refractivity contribution is -0.138. The number of hydrogen-bond donors (Lipinski definition) is 1. The topological polar surface area (TPSA) is 94.6 Å². The Hall–Kier alpha value is -3.45. The maximum Gasteiger partial charge on any atom is 0.419 e. The highest BCUT2D eigenvalue weighted by Gasteiger charge is 2.34. The third-order valence-corrected chi connectivity index (χ3v) is 5.08. The summed E-state index contributed by atoms with van der Waals surface area (Å²) >= 11 is 6.12. The number of sulfonamides is 1. The van der Waals surface area contributed by atoms with Gasteiger partial charge in [-0.2, -0.15) is 22.0 Å². The Morgan fingerprint density at radius 1 is 1.09 bits per heavy atom. The van der Waals surface area contributed by atoms with Gasteiger partial charge in [-0.15, -0.1) is 0 Å². The van der Waals surface area contributed by atoms with Gasteiger partial charge in [-0.1, -0.05) is 23.7 Å². The molecule has 1 aromatic heterocycles. The first-order chi connectivity index (χ1) is 16.2. The molecular weight excluding hydrogens is 523 g/mol. The zero-order chi connectivity index (χ0) is 26.0. The van der Waals surface area contributed by atoms with Gasteiger partial charge in [0.2, 0.25) is 15.9 Å². The van der Waals surface area contributed by atoms with E-state index < -0.39 is 45.8 Å². The van der Waals surface area contributed by atoms with Crippen LogP contribution in [0, 0.1) is 0 Å². The Morgan fingerprint density at radius 3 is 2.37 bits per heavy atom. The zero-order valence-electron chi connectivity index (χ0n) is 17.4. The maximum atomic E-state index is 13.2. The molecule has 1 N–H and O–H groups in total. The largest absolute Gasteiger partial charge is 0.437 e. The molecule has 1 heterocycles. The first kappa shape index (κ1) is 26.2. The second-order valence-corrected chi connectivity index (χ2v) is 9.06. The molecule has 0 radical (unpaired) electrons. The molecule has 0 bridgehead atoms. The summed E-state index contributed by atoms with van der Waals surface area (Å²) in [5.41, 5.74) is -1.27. The van der Waals surface area contributed by atoms with Crippen molar-refractivity contribution in [3.63, 3.8) is 0 Å². The summed E-state index contributed by atoms with van der Waals surface area (Å²) in [7, 11) is -3.92. The highest BCUT2D eigenvalue weighted by Crippen LogP contribution is 2.40. The first-order valence-corrected chi connectivity index (χ1v) is 11.6. The van der Waals surface area contributed by atoms with E-state index >= 15 is 0 Å². The van der Waals surface area contributed by atoms with Gasteiger partial charge in [0.15, 0.2) is 0 Å². The highest BCUT2D eigenvalue weighted by molar-refractivity contribution is 7.89. The van der Waals surface area contributed by atoms with E-state index in [4.69, 9.17) is 16.3 Å². The van der Waals surface area contributed by atoms with E-state index in [1.165, 1.54) is 24.3 Å². The predicted octanol–water partition coefficient (Wildman–Crippen LogP) is 5.50. The van der Waals surface area contributed by atoms with Crippen LogP contribution >= 0.6 is 11.6 Å². The van der Waals surface area contributed by atoms with Crippen molar-refractivity contribution in [1.29, 1.82) is 0 Å². The minimum Gasteiger partial charge on any atom is -0.437 e. The molecule has 3 rings (SSSR count). The molecule has 0 fully saturated rings. The summed E-state index contributed by atoms with van der Waals surface area (Å²) in [6, 6.07) is 8.79. The molecular formula is C21H14ClF5N2O5S. The molecule has 7 nitrogen and oxygen atoms in total. The second-order valence-electron chi connectivity index (χ2n) is 6.90. The van der Waals surface area contributed by atoms with Crippen molar-refractivity contribution in [2.24, 2.45) is 0 Å². The summed E-state index contributed by atoms with van der Waals surface area (Å²) in [5.74, 6) is -2.52. The Morgan fingerprint density at radius 2 is 1.77 bits per heavy atom. The molecule has 2 aromatic carbocycles. The van der Waals surface area contributed by atoms with E-state index in [9.17, 15) is 35.2 Å². The van der Waals surface area contributed by atoms with E-state index in [1.807, 2.05) is 0 Å². The van der Waals surface area contributed by atoms with Crippen LogP contribution in [0.15, 0.2) is 54.7 Å². The van der Waals surface area contributed by atoms with Gasteiger partial charge in [-0.25, -0.2) is 18.1 Å². The summed E-state index contributed by atoms with van der Waals surface area (Å²) < 4.78 is 99.4. The fraction of sp³-hybridized carbons (Fsp3) is 0.143. The van der Waals surface area contributed by atoms with E-state index in [0.717, 1.165) is 36.7 Å². The number of carbonyl (C=O) groups is 1. The summed E-state index contributed by atoms with van der Waals surface area (Å²) in [4.78, 5) is 15.9. The van der Waals surface area contributed by atoms with Crippen molar-refractivity contribution in [2.75, 3.05) is 6.26 Å². The van der Waals surface area contributed by atoms with E-state index in [0.29, 0.717) is 0 Å². The number of pyridine rings is 1. The average Bonchev–Trinajstić information content (AvgIpc) is 2.73. The van der Waals surface area contributed by atoms with Crippen LogP contribution < -0.4 is 14.2 Å². The Kier molecular flexibility index (Phi) is 7.50. The second kappa shape index (κ2) is 10.0. The predicted molar refractivity (Wildman–Crippen MR) is 115 cm³/mol. The number of halogens is 6. The van der Waals surface area contributed by atoms with Crippen LogP contribution in [-0.4, -0.2) is 32.2 Å². The first-order valence-electron chi connectivity index (χ1n) is 9.35. The number of amides is 1. The minimum atomic E-state index is -4.70. The number of ether oxygens (including phenoxy) is 2. The highest BCUT2D eigenvalue weighted by atomic mass is 35.5. The standard InChI is InChI=1S/C21H14ClF5N2O5S/c1-35(31,32)29-18(30)11-6-7-13(17(9-11)34-20(23)24)12-8-15(22)19(28-10-12)33-16-5-3-2-4-14(16)21(25,26)27/h2-10,20H,1H3,(H,29,30). The van der Waals surface area contributed by atoms with Crippen LogP contribution in [-0.2, 0) is 16.2 Å². The molecule has 0 unspecified atom stereocenters. The number of alkyl halides is 5. The van der Waals surface area contributed by atoms with Crippen LogP contribution in [0.3, 0.4) is 0 Å². The third-order valence-electron chi connectivity index (χ3n) is 4.26. The van der Waals surface area contributed by atoms with Gasteiger partial charge >= 0.3 is 12.8 Å². The Labute approximate surface area is 200 Å². The van der Waals surface area contributed by atoms with Gasteiger partial charge in [-0.3, -0.25) is 4.79 Å². The van der Waals surface area contributed by atoms with E-state index in [2.05, 4.69) is 9.72 Å². The quantitative estimate of drug-likeness (QED) is 0.401. The number of para-hydroxylation sites is 1. The number of aromatic nitrogens is 1. The monoisotopic (exact) mass is 536 g/mol. The summed E-state index contributed by atoms with van der Waals surface area (Å²) in [6.45, 7) is -3.30. The van der Waals surface area contributed by atoms with Crippen molar-refractivity contribution in [3.05, 3.63) is 70.9 Å². The summed E-state index contributed by atoms with van der Waals surface area (Å²) in [6.07, 6.45) is -2.88. The molecule has 3 aromatic rings. The van der Waals surface area contributed by atoms with Crippen LogP contribution in [0.25, 0.3) is 11.1 Å². The fourth-order valence-corrected chi connectivity index (χ4v) is 3.52. The molecule has 186 valence electrons. The molecule has 0 saturated carbocycles. The van der Waals surface area contributed by atoms with Gasteiger partial charge in [0.25, 0.3) is 5.91 Å². The van der Waals surface area contributed by atoms with E-state index in [-0.39, 0.29) is 27.6 Å². The van der Waals surface area contributed by atoms with Crippen molar-refractivity contribution in [2.45, 2.75) is 12.8 Å². The minimum absolute atomic E-state index is 0.0159. The van der Waals surface area contributed by atoms with Crippen molar-refractivity contribution < 1.29 is 44.6 Å². The van der Waals surface area contributed by atoms with Gasteiger partial charge in [0.1, 0.15) is 16.5 Å². The third kappa shape index (κ3) is 6.79. The van der Waals surface area contributed by atoms with Gasteiger partial charge in [0.05, 0.1) is 11.8 Å². The lowest BCUT2D eigenvalue weighted by Gasteiger charge is -2.15. The van der Waals surface area contributed by atoms with Crippen molar-refractivity contribution in [1.82, 2.24) is 9.71 Å². The lowest BCUT2D eigenvalue weighted by atomic mass is 10.0. The van der Waals surface area contributed by atoms with E-state index in [1.54, 1.807) is 4.72 Å². The zero-order valence-corrected chi connectivity index (χ0v) is 19.0. The van der Waals surface area contributed by atoms with Crippen LogP contribution in [0.5, 0.6) is 17.4 Å². The smallest absolute Gasteiger partial charge is 0.419 e. The van der Waals surface area contributed by atoms with Gasteiger partial charge < -0.3 is 9.47 Å². The maximum absolute atomic E-state index is 13.2. The number of rotatable bonds is 7. The molecule has 35 heavy (non-hydrogen) atoms. The number of benzene rings is 2. The Balaban J connectivity index is 1.97. The van der Waals surface area contributed by atoms with Crippen molar-refractivity contribution in [3.8, 4) is 28.5 Å². The lowest BCUT2D eigenvalue weighted by Crippen LogP contribution is -2.29. The molecule has 0 atom stereocenters. The van der Waals surface area contributed by atoms with Crippen LogP contribution in [0.4, 0.5) is 22.0 Å². The molecule has 14 heteroatoms. The van der Waals surface area contributed by atoms with Gasteiger partial charge in [-0.05, 0) is 36.4 Å². The molecule has 0 aliphatic heterocycles. The molecule has 0 aliphatic carbocycles. The fourth-order valence-electron chi connectivity index (χ4n) is 2.86. The molecule has 0 aliphatic rings. The Bertz CT molecular complexity index is 1370. The van der Waals surface area contributed by atoms with Crippen LogP contribution in [0.2, 0.25) is 5.02 Å². The normalized spacial score (nSPS) is 11.9. The van der Waals surface area contributed by atoms with Crippen molar-refractivity contribution >= 4 is 27.5 Å². The average molecular weight is 537 g/mol. The SMILES string of the molecule is CS(=O)(=O)NC(=O)c1ccc(-c2cnc(Oc3ccccc3C(F)(F)F)c(Cl)c2)c(OC(F)F)c1. The number of hydrogen-bond acceptors (Lipinski definition) is 6. The number of nitrogens with one attached hydrogen (secondary N) is 1.